The van der Waals surface area contributed by atoms with Gasteiger partial charge in [-0.25, -0.2) is 0 Å². The van der Waals surface area contributed by atoms with E-state index in [0.717, 1.165) is 36.3 Å². The number of Topliss-reactive ketones (excluding diaryl/α,β-unsaturated/α-hetero) is 1. The van der Waals surface area contributed by atoms with Crippen molar-refractivity contribution >= 4 is 44.7 Å². The molecular weight excluding hydrogens is 545 g/mol. The standard InChI is InChI=1S/C35H42N2O2S2/c38-32(27-16-6-5-7-17-27)26-35(39)37(29-20-10-3-4-11-21-29)31-23-13-15-25-34(31)41-40-33-24-14-12-22-30(33)36-28-18-8-1-2-9-19-28/h5-7,12-17,22-25,28-29,36H,1-4,8-11,18-21,26H2. The summed E-state index contributed by atoms with van der Waals surface area (Å²) in [5.41, 5.74) is 2.72. The van der Waals surface area contributed by atoms with E-state index in [1.807, 2.05) is 35.2 Å². The number of ketones is 1. The van der Waals surface area contributed by atoms with Gasteiger partial charge in [0.1, 0.15) is 0 Å². The molecule has 0 saturated heterocycles. The van der Waals surface area contributed by atoms with Crippen molar-refractivity contribution in [1.29, 1.82) is 0 Å². The number of benzene rings is 3. The summed E-state index contributed by atoms with van der Waals surface area (Å²) < 4.78 is 0. The van der Waals surface area contributed by atoms with Gasteiger partial charge in [-0.3, -0.25) is 9.59 Å². The maximum absolute atomic E-state index is 13.9. The minimum absolute atomic E-state index is 0.0979. The number of hydrogen-bond donors (Lipinski definition) is 1. The van der Waals surface area contributed by atoms with Crippen molar-refractivity contribution in [3.05, 3.63) is 84.4 Å². The van der Waals surface area contributed by atoms with E-state index in [2.05, 4.69) is 41.7 Å². The smallest absolute Gasteiger partial charge is 0.235 e. The van der Waals surface area contributed by atoms with Crippen molar-refractivity contribution in [2.75, 3.05) is 10.2 Å². The van der Waals surface area contributed by atoms with Crippen LogP contribution in [0.25, 0.3) is 0 Å². The van der Waals surface area contributed by atoms with Gasteiger partial charge in [0.25, 0.3) is 0 Å². The molecule has 2 saturated carbocycles. The third-order valence-electron chi connectivity index (χ3n) is 8.31. The third kappa shape index (κ3) is 8.42. The summed E-state index contributed by atoms with van der Waals surface area (Å²) in [5.74, 6) is -0.216. The van der Waals surface area contributed by atoms with Crippen LogP contribution >= 0.6 is 21.6 Å². The Morgan fingerprint density at radius 3 is 1.93 bits per heavy atom. The fourth-order valence-corrected chi connectivity index (χ4v) is 8.43. The van der Waals surface area contributed by atoms with E-state index in [9.17, 15) is 9.59 Å². The van der Waals surface area contributed by atoms with Crippen LogP contribution < -0.4 is 10.2 Å². The number of anilines is 2. The molecule has 3 aromatic carbocycles. The van der Waals surface area contributed by atoms with Crippen LogP contribution in [0.2, 0.25) is 0 Å². The molecule has 2 aliphatic carbocycles. The Morgan fingerprint density at radius 1 is 0.659 bits per heavy atom. The predicted molar refractivity (Wildman–Crippen MR) is 174 cm³/mol. The number of amides is 1. The minimum Gasteiger partial charge on any atom is -0.381 e. The number of nitrogens with zero attached hydrogens (tertiary/aromatic N) is 1. The summed E-state index contributed by atoms with van der Waals surface area (Å²) in [6, 6.07) is 26.7. The first-order chi connectivity index (χ1) is 20.2. The molecular formula is C35H42N2O2S2. The fourth-order valence-electron chi connectivity index (χ4n) is 6.12. The van der Waals surface area contributed by atoms with Crippen LogP contribution in [0.3, 0.4) is 0 Å². The van der Waals surface area contributed by atoms with Crippen molar-refractivity contribution in [1.82, 2.24) is 0 Å². The summed E-state index contributed by atoms with van der Waals surface area (Å²) >= 11 is 0. The van der Waals surface area contributed by atoms with Crippen LogP contribution in [0, 0.1) is 0 Å². The molecule has 1 N–H and O–H groups in total. The van der Waals surface area contributed by atoms with Crippen molar-refractivity contribution in [3.63, 3.8) is 0 Å². The van der Waals surface area contributed by atoms with Crippen LogP contribution in [0.4, 0.5) is 11.4 Å². The van der Waals surface area contributed by atoms with E-state index in [1.165, 1.54) is 61.9 Å². The average molecular weight is 587 g/mol. The maximum Gasteiger partial charge on any atom is 0.235 e. The molecule has 6 heteroatoms. The van der Waals surface area contributed by atoms with E-state index in [-0.39, 0.29) is 24.2 Å². The summed E-state index contributed by atoms with van der Waals surface area (Å²) in [5, 5.41) is 3.84. The zero-order valence-corrected chi connectivity index (χ0v) is 25.6. The highest BCUT2D eigenvalue weighted by molar-refractivity contribution is 8.76. The van der Waals surface area contributed by atoms with E-state index >= 15 is 0 Å². The molecule has 0 spiro atoms. The minimum atomic E-state index is -0.118. The molecule has 0 aliphatic heterocycles. The second kappa shape index (κ2) is 15.5. The van der Waals surface area contributed by atoms with Gasteiger partial charge in [0.05, 0.1) is 12.1 Å². The Bertz CT molecular complexity index is 1270. The van der Waals surface area contributed by atoms with Gasteiger partial charge < -0.3 is 10.2 Å². The van der Waals surface area contributed by atoms with E-state index in [1.54, 1.807) is 33.7 Å². The quantitative estimate of drug-likeness (QED) is 0.111. The summed E-state index contributed by atoms with van der Waals surface area (Å²) in [4.78, 5) is 31.3. The van der Waals surface area contributed by atoms with Crippen molar-refractivity contribution in [2.45, 2.75) is 105 Å². The monoisotopic (exact) mass is 586 g/mol. The molecule has 0 heterocycles. The number of para-hydroxylation sites is 2. The first-order valence-corrected chi connectivity index (χ1v) is 17.5. The van der Waals surface area contributed by atoms with Gasteiger partial charge in [0.15, 0.2) is 5.78 Å². The van der Waals surface area contributed by atoms with Gasteiger partial charge in [-0.1, -0.05) is 128 Å². The molecule has 3 aromatic rings. The second-order valence-corrected chi connectivity index (χ2v) is 13.6. The lowest BCUT2D eigenvalue weighted by atomic mass is 10.0. The zero-order valence-electron chi connectivity index (χ0n) is 23.9. The van der Waals surface area contributed by atoms with Crippen LogP contribution in [0.15, 0.2) is 88.7 Å². The lowest BCUT2D eigenvalue weighted by Crippen LogP contribution is -2.41. The van der Waals surface area contributed by atoms with Crippen LogP contribution in [-0.2, 0) is 4.79 Å². The molecule has 4 nitrogen and oxygen atoms in total. The molecule has 1 amide bonds. The molecule has 216 valence electrons. The largest absolute Gasteiger partial charge is 0.381 e. The highest BCUT2D eigenvalue weighted by Crippen LogP contribution is 2.45. The Balaban J connectivity index is 1.36. The lowest BCUT2D eigenvalue weighted by molar-refractivity contribution is -0.118. The highest BCUT2D eigenvalue weighted by atomic mass is 33.1. The van der Waals surface area contributed by atoms with Crippen molar-refractivity contribution in [3.8, 4) is 0 Å². The molecule has 0 atom stereocenters. The highest BCUT2D eigenvalue weighted by Gasteiger charge is 2.29. The fraction of sp³-hybridized carbons (Fsp3) is 0.429. The molecule has 0 bridgehead atoms. The predicted octanol–water partition coefficient (Wildman–Crippen LogP) is 9.95. The maximum atomic E-state index is 13.9. The van der Waals surface area contributed by atoms with Crippen molar-refractivity contribution < 1.29 is 9.59 Å². The first-order valence-electron chi connectivity index (χ1n) is 15.4. The molecule has 5 rings (SSSR count). The first kappa shape index (κ1) is 29.8. The van der Waals surface area contributed by atoms with E-state index in [0.29, 0.717) is 11.6 Å². The van der Waals surface area contributed by atoms with Gasteiger partial charge in [-0.15, -0.1) is 0 Å². The molecule has 0 radical (unpaired) electrons. The SMILES string of the molecule is O=C(CC(=O)N(c1ccccc1SSc1ccccc1NC1CCCCCC1)C1CCCCCC1)c1ccccc1. The van der Waals surface area contributed by atoms with Crippen LogP contribution in [0.1, 0.15) is 93.8 Å². The van der Waals surface area contributed by atoms with Gasteiger partial charge in [0.2, 0.25) is 5.91 Å². The summed E-state index contributed by atoms with van der Waals surface area (Å²) in [7, 11) is 3.46. The van der Waals surface area contributed by atoms with Crippen LogP contribution in [-0.4, -0.2) is 23.8 Å². The van der Waals surface area contributed by atoms with Gasteiger partial charge in [-0.05, 0) is 49.9 Å². The topological polar surface area (TPSA) is 49.4 Å². The Labute approximate surface area is 253 Å². The number of hydrogen-bond acceptors (Lipinski definition) is 5. The lowest BCUT2D eigenvalue weighted by Gasteiger charge is -2.32. The summed E-state index contributed by atoms with van der Waals surface area (Å²) in [6.07, 6.45) is 14.2. The van der Waals surface area contributed by atoms with E-state index in [4.69, 9.17) is 0 Å². The van der Waals surface area contributed by atoms with Crippen LogP contribution in [0.5, 0.6) is 0 Å². The molecule has 2 fully saturated rings. The number of rotatable bonds is 10. The Kier molecular flexibility index (Phi) is 11.3. The number of nitrogens with one attached hydrogen (secondary N) is 1. The summed E-state index contributed by atoms with van der Waals surface area (Å²) in [6.45, 7) is 0. The van der Waals surface area contributed by atoms with Gasteiger partial charge in [0, 0.05) is 33.1 Å². The Morgan fingerprint density at radius 2 is 1.22 bits per heavy atom. The van der Waals surface area contributed by atoms with Gasteiger partial charge >= 0.3 is 0 Å². The second-order valence-electron chi connectivity index (χ2n) is 11.3. The van der Waals surface area contributed by atoms with Gasteiger partial charge in [-0.2, -0.15) is 0 Å². The Hall–Kier alpha value is -2.70. The molecule has 41 heavy (non-hydrogen) atoms. The zero-order chi connectivity index (χ0) is 28.3. The average Bonchev–Trinajstić information content (AvgIpc) is 3.43. The molecule has 0 aromatic heterocycles. The molecule has 0 unspecified atom stereocenters. The van der Waals surface area contributed by atoms with Crippen molar-refractivity contribution in [2.24, 2.45) is 0 Å². The third-order valence-corrected chi connectivity index (χ3v) is 10.8. The molecule has 2 aliphatic rings. The normalized spacial score (nSPS) is 16.9. The van der Waals surface area contributed by atoms with E-state index < -0.39 is 0 Å². The number of carbonyl (C=O) groups excluding carboxylic acids is 2. The number of carbonyl (C=O) groups is 2.